The molecule has 7 heteroatoms. The van der Waals surface area contributed by atoms with Crippen molar-refractivity contribution in [3.63, 3.8) is 0 Å². The second-order valence-electron chi connectivity index (χ2n) is 4.18. The highest BCUT2D eigenvalue weighted by Gasteiger charge is 2.18. The molecule has 0 aliphatic rings. The molecule has 1 aromatic heterocycles. The second kappa shape index (κ2) is 5.68. The van der Waals surface area contributed by atoms with E-state index in [1.807, 2.05) is 0 Å². The zero-order chi connectivity index (χ0) is 14.7. The van der Waals surface area contributed by atoms with E-state index < -0.39 is 17.6 Å². The van der Waals surface area contributed by atoms with Gasteiger partial charge in [-0.25, -0.2) is 13.6 Å². The fourth-order valence-corrected chi connectivity index (χ4v) is 1.74. The molecule has 0 aliphatic heterocycles. The number of methoxy groups -OCH3 is 1. The summed E-state index contributed by atoms with van der Waals surface area (Å²) in [6, 6.07) is 3.17. The minimum Gasteiger partial charge on any atom is -0.465 e. The Morgan fingerprint density at radius 1 is 1.40 bits per heavy atom. The molecule has 2 rings (SSSR count). The van der Waals surface area contributed by atoms with Gasteiger partial charge >= 0.3 is 5.97 Å². The Balaban J connectivity index is 2.29. The molecule has 2 N–H and O–H groups in total. The Bertz CT molecular complexity index is 614. The number of carbonyl (C=O) groups is 1. The van der Waals surface area contributed by atoms with Crippen molar-refractivity contribution in [2.75, 3.05) is 12.4 Å². The van der Waals surface area contributed by atoms with E-state index in [1.165, 1.54) is 0 Å². The van der Waals surface area contributed by atoms with Crippen LogP contribution in [0.2, 0.25) is 0 Å². The Labute approximate surface area is 114 Å². The number of carbonyl (C=O) groups excluding carboxylic acids is 1. The number of ether oxygens (including phenoxy) is 1. The van der Waals surface area contributed by atoms with Gasteiger partial charge in [0, 0.05) is 12.3 Å². The van der Waals surface area contributed by atoms with E-state index in [4.69, 9.17) is 0 Å². The molecule has 0 amide bonds. The quantitative estimate of drug-likeness (QED) is 0.845. The molecule has 0 saturated carbocycles. The van der Waals surface area contributed by atoms with E-state index in [1.54, 1.807) is 19.2 Å². The van der Waals surface area contributed by atoms with Crippen LogP contribution in [0, 0.1) is 11.6 Å². The van der Waals surface area contributed by atoms with Crippen molar-refractivity contribution < 1.29 is 18.3 Å². The molecule has 1 atom stereocenters. The first-order chi connectivity index (χ1) is 9.52. The van der Waals surface area contributed by atoms with Crippen molar-refractivity contribution in [1.29, 1.82) is 0 Å². The number of esters is 1. The largest absolute Gasteiger partial charge is 0.465 e. The van der Waals surface area contributed by atoms with Gasteiger partial charge in [0.25, 0.3) is 0 Å². The summed E-state index contributed by atoms with van der Waals surface area (Å²) >= 11 is 0. The molecule has 2 aromatic rings. The van der Waals surface area contributed by atoms with Crippen molar-refractivity contribution in [2.45, 2.75) is 13.0 Å². The number of nitrogens with zero attached hydrogens (tertiary/aromatic N) is 1. The number of hydrogen-bond donors (Lipinski definition) is 2. The van der Waals surface area contributed by atoms with E-state index in [-0.39, 0.29) is 17.3 Å². The average Bonchev–Trinajstić information content (AvgIpc) is 2.95. The zero-order valence-corrected chi connectivity index (χ0v) is 10.9. The lowest BCUT2D eigenvalue weighted by molar-refractivity contribution is 0.0595. The number of rotatable bonds is 4. The number of aromatic nitrogens is 2. The lowest BCUT2D eigenvalue weighted by atomic mass is 10.1. The van der Waals surface area contributed by atoms with Crippen molar-refractivity contribution in [3.8, 4) is 0 Å². The van der Waals surface area contributed by atoms with Crippen LogP contribution in [0.3, 0.4) is 0 Å². The summed E-state index contributed by atoms with van der Waals surface area (Å²) in [5.41, 5.74) is 0.412. The van der Waals surface area contributed by atoms with Gasteiger partial charge in [0.15, 0.2) is 0 Å². The molecule has 1 aromatic carbocycles. The number of halogens is 2. The number of benzene rings is 1. The SMILES string of the molecule is COC(=O)c1cc(NC(C)c2ccn[nH]2)c(F)cc1F. The molecule has 0 fully saturated rings. The van der Waals surface area contributed by atoms with E-state index in [9.17, 15) is 13.6 Å². The topological polar surface area (TPSA) is 67.0 Å². The molecule has 0 bridgehead atoms. The molecule has 0 saturated heterocycles. The van der Waals surface area contributed by atoms with Crippen LogP contribution >= 0.6 is 0 Å². The van der Waals surface area contributed by atoms with Crippen LogP contribution in [0.25, 0.3) is 0 Å². The van der Waals surface area contributed by atoms with Crippen LogP contribution in [-0.2, 0) is 4.74 Å². The van der Waals surface area contributed by atoms with Gasteiger partial charge in [-0.15, -0.1) is 0 Å². The van der Waals surface area contributed by atoms with Gasteiger partial charge < -0.3 is 10.1 Å². The van der Waals surface area contributed by atoms with Gasteiger partial charge in [0.2, 0.25) is 0 Å². The molecular weight excluding hydrogens is 268 g/mol. The van der Waals surface area contributed by atoms with Crippen LogP contribution in [0.5, 0.6) is 0 Å². The Kier molecular flexibility index (Phi) is 3.97. The molecular formula is C13H13F2N3O2. The first kappa shape index (κ1) is 14.0. The van der Waals surface area contributed by atoms with Crippen LogP contribution < -0.4 is 5.32 Å². The maximum absolute atomic E-state index is 13.7. The van der Waals surface area contributed by atoms with Gasteiger partial charge in [-0.1, -0.05) is 0 Å². The standard InChI is InChI=1S/C13H13F2N3O2/c1-7(11-3-4-16-18-11)17-12-5-8(13(19)20-2)9(14)6-10(12)15/h3-7,17H,1-2H3,(H,16,18). The second-order valence-corrected chi connectivity index (χ2v) is 4.18. The Morgan fingerprint density at radius 3 is 2.75 bits per heavy atom. The van der Waals surface area contributed by atoms with Crippen molar-refractivity contribution >= 4 is 11.7 Å². The van der Waals surface area contributed by atoms with Gasteiger partial charge in [-0.2, -0.15) is 5.10 Å². The molecule has 5 nitrogen and oxygen atoms in total. The van der Waals surface area contributed by atoms with Gasteiger partial charge in [0.1, 0.15) is 11.6 Å². The fourth-order valence-electron chi connectivity index (χ4n) is 1.74. The summed E-state index contributed by atoms with van der Waals surface area (Å²) in [6.45, 7) is 1.77. The number of hydrogen-bond acceptors (Lipinski definition) is 4. The van der Waals surface area contributed by atoms with Crippen LogP contribution in [-0.4, -0.2) is 23.3 Å². The van der Waals surface area contributed by atoms with Crippen LogP contribution in [0.4, 0.5) is 14.5 Å². The molecule has 106 valence electrons. The third-order valence-corrected chi connectivity index (χ3v) is 2.82. The van der Waals surface area contributed by atoms with E-state index in [0.29, 0.717) is 6.07 Å². The lowest BCUT2D eigenvalue weighted by Crippen LogP contribution is -2.11. The van der Waals surface area contributed by atoms with Gasteiger partial charge in [-0.05, 0) is 19.1 Å². The fraction of sp³-hybridized carbons (Fsp3) is 0.231. The summed E-state index contributed by atoms with van der Waals surface area (Å²) < 4.78 is 31.7. The van der Waals surface area contributed by atoms with Gasteiger partial charge in [0.05, 0.1) is 30.1 Å². The van der Waals surface area contributed by atoms with E-state index in [2.05, 4.69) is 20.3 Å². The van der Waals surface area contributed by atoms with Crippen LogP contribution in [0.15, 0.2) is 24.4 Å². The average molecular weight is 281 g/mol. The lowest BCUT2D eigenvalue weighted by Gasteiger charge is -2.15. The molecule has 1 heterocycles. The number of H-pyrrole nitrogens is 1. The van der Waals surface area contributed by atoms with Crippen molar-refractivity contribution in [2.24, 2.45) is 0 Å². The monoisotopic (exact) mass is 281 g/mol. The Morgan fingerprint density at radius 2 is 2.15 bits per heavy atom. The molecule has 0 aliphatic carbocycles. The summed E-state index contributed by atoms with van der Waals surface area (Å²) in [6.07, 6.45) is 1.56. The third kappa shape index (κ3) is 2.76. The molecule has 1 unspecified atom stereocenters. The summed E-state index contributed by atoms with van der Waals surface area (Å²) in [4.78, 5) is 11.4. The normalized spacial score (nSPS) is 12.0. The zero-order valence-electron chi connectivity index (χ0n) is 10.9. The number of anilines is 1. The smallest absolute Gasteiger partial charge is 0.340 e. The first-order valence-electron chi connectivity index (χ1n) is 5.86. The van der Waals surface area contributed by atoms with Crippen molar-refractivity contribution in [3.05, 3.63) is 47.3 Å². The summed E-state index contributed by atoms with van der Waals surface area (Å²) in [5, 5.41) is 9.36. The maximum atomic E-state index is 13.7. The molecule has 0 spiro atoms. The first-order valence-corrected chi connectivity index (χ1v) is 5.86. The van der Waals surface area contributed by atoms with Crippen molar-refractivity contribution in [1.82, 2.24) is 10.2 Å². The highest BCUT2D eigenvalue weighted by atomic mass is 19.1. The third-order valence-electron chi connectivity index (χ3n) is 2.82. The predicted octanol–water partition coefficient (Wildman–Crippen LogP) is 2.65. The summed E-state index contributed by atoms with van der Waals surface area (Å²) in [5.74, 6) is -2.62. The maximum Gasteiger partial charge on any atom is 0.340 e. The minimum atomic E-state index is -0.964. The highest BCUT2D eigenvalue weighted by Crippen LogP contribution is 2.24. The van der Waals surface area contributed by atoms with E-state index in [0.717, 1.165) is 18.9 Å². The molecule has 0 radical (unpaired) electrons. The minimum absolute atomic E-state index is 0.00824. The van der Waals surface area contributed by atoms with Crippen LogP contribution in [0.1, 0.15) is 29.0 Å². The highest BCUT2D eigenvalue weighted by molar-refractivity contribution is 5.90. The Hall–Kier alpha value is -2.44. The predicted molar refractivity (Wildman–Crippen MR) is 68.3 cm³/mol. The number of aromatic amines is 1. The van der Waals surface area contributed by atoms with E-state index >= 15 is 0 Å². The number of nitrogens with one attached hydrogen (secondary N) is 2. The molecule has 20 heavy (non-hydrogen) atoms. The van der Waals surface area contributed by atoms with Gasteiger partial charge in [-0.3, -0.25) is 5.10 Å². The summed E-state index contributed by atoms with van der Waals surface area (Å²) in [7, 11) is 1.13.